The van der Waals surface area contributed by atoms with Crippen molar-refractivity contribution in [1.82, 2.24) is 0 Å². The zero-order valence-corrected chi connectivity index (χ0v) is 13.8. The number of hydrogen-bond acceptors (Lipinski definition) is 1. The quantitative estimate of drug-likeness (QED) is 0.388. The molecule has 23 heavy (non-hydrogen) atoms. The lowest BCUT2D eigenvalue weighted by atomic mass is 9.86. The van der Waals surface area contributed by atoms with Gasteiger partial charge in [-0.05, 0) is 34.2 Å². The normalized spacial score (nSPS) is 12.1. The maximum atomic E-state index is 6.15. The molecule has 1 heteroatoms. The Morgan fingerprint density at radius 1 is 0.739 bits per heavy atom. The van der Waals surface area contributed by atoms with Crippen molar-refractivity contribution >= 4 is 21.9 Å². The fourth-order valence-electron chi connectivity index (χ4n) is 3.15. The van der Waals surface area contributed by atoms with E-state index < -0.39 is 0 Å². The van der Waals surface area contributed by atoms with Gasteiger partial charge in [0.05, 0.1) is 0 Å². The average molecular weight is 300 g/mol. The fourth-order valence-corrected chi connectivity index (χ4v) is 3.15. The van der Waals surface area contributed by atoms with E-state index in [0.29, 0.717) is 0 Å². The van der Waals surface area contributed by atoms with Crippen LogP contribution >= 0.6 is 0 Å². The van der Waals surface area contributed by atoms with E-state index in [0.717, 1.165) is 11.2 Å². The Labute approximate surface area is 136 Å². The minimum Gasteiger partial charge on any atom is -0.456 e. The summed E-state index contributed by atoms with van der Waals surface area (Å²) >= 11 is 0. The predicted molar refractivity (Wildman–Crippen MR) is 97.9 cm³/mol. The molecule has 3 aromatic carbocycles. The molecule has 4 aromatic rings. The monoisotopic (exact) mass is 300 g/mol. The van der Waals surface area contributed by atoms with Crippen LogP contribution in [0.1, 0.15) is 26.3 Å². The molecule has 0 bridgehead atoms. The molecule has 0 aliphatic rings. The molecule has 0 saturated heterocycles. The van der Waals surface area contributed by atoms with E-state index >= 15 is 0 Å². The molecule has 0 aliphatic carbocycles. The van der Waals surface area contributed by atoms with Crippen LogP contribution in [0.4, 0.5) is 0 Å². The van der Waals surface area contributed by atoms with E-state index in [1.165, 1.54) is 27.5 Å². The first-order valence-corrected chi connectivity index (χ1v) is 8.05. The van der Waals surface area contributed by atoms with Crippen LogP contribution in [-0.4, -0.2) is 0 Å². The molecule has 1 aromatic heterocycles. The van der Waals surface area contributed by atoms with Gasteiger partial charge in [-0.1, -0.05) is 75.4 Å². The smallest absolute Gasteiger partial charge is 0.136 e. The molecule has 0 aliphatic heterocycles. The van der Waals surface area contributed by atoms with E-state index in [1.807, 2.05) is 6.07 Å². The summed E-state index contributed by atoms with van der Waals surface area (Å²) < 4.78 is 6.15. The molecule has 0 N–H and O–H groups in total. The van der Waals surface area contributed by atoms with Gasteiger partial charge in [0.1, 0.15) is 11.2 Å². The maximum Gasteiger partial charge on any atom is 0.136 e. The van der Waals surface area contributed by atoms with Crippen LogP contribution in [-0.2, 0) is 5.41 Å². The summed E-state index contributed by atoms with van der Waals surface area (Å²) in [6.45, 7) is 6.69. The van der Waals surface area contributed by atoms with Crippen LogP contribution in [0.15, 0.2) is 71.1 Å². The summed E-state index contributed by atoms with van der Waals surface area (Å²) in [5.74, 6) is 0. The van der Waals surface area contributed by atoms with Crippen LogP contribution < -0.4 is 0 Å². The van der Waals surface area contributed by atoms with E-state index in [4.69, 9.17) is 4.42 Å². The van der Waals surface area contributed by atoms with Gasteiger partial charge >= 0.3 is 0 Å². The lowest BCUT2D eigenvalue weighted by Crippen LogP contribution is -2.10. The van der Waals surface area contributed by atoms with E-state index in [9.17, 15) is 0 Å². The largest absolute Gasteiger partial charge is 0.456 e. The van der Waals surface area contributed by atoms with Gasteiger partial charge < -0.3 is 4.42 Å². The molecule has 0 saturated carbocycles. The summed E-state index contributed by atoms with van der Waals surface area (Å²) in [5, 5.41) is 2.39. The number of fused-ring (bicyclic) bond motifs is 3. The Morgan fingerprint density at radius 3 is 2.26 bits per heavy atom. The average Bonchev–Trinajstić information content (AvgIpc) is 2.92. The van der Waals surface area contributed by atoms with E-state index in [2.05, 4.69) is 81.4 Å². The lowest BCUT2D eigenvalue weighted by Gasteiger charge is -2.18. The second-order valence-electron chi connectivity index (χ2n) is 7.11. The van der Waals surface area contributed by atoms with Crippen LogP contribution in [0.2, 0.25) is 0 Å². The standard InChI is InChI=1S/C22H20O/c1-22(2,3)16-12-13-18-20(14-16)23-19-11-7-10-17(21(18)19)15-8-5-4-6-9-15/h4-14H,1-3H3. The number of benzene rings is 3. The van der Waals surface area contributed by atoms with Gasteiger partial charge in [-0.15, -0.1) is 0 Å². The first kappa shape index (κ1) is 14.1. The minimum absolute atomic E-state index is 0.120. The Morgan fingerprint density at radius 2 is 1.52 bits per heavy atom. The van der Waals surface area contributed by atoms with Crippen molar-refractivity contribution in [2.24, 2.45) is 0 Å². The summed E-state index contributed by atoms with van der Waals surface area (Å²) in [6.07, 6.45) is 0. The van der Waals surface area contributed by atoms with Crippen molar-refractivity contribution in [1.29, 1.82) is 0 Å². The minimum atomic E-state index is 0.120. The highest BCUT2D eigenvalue weighted by atomic mass is 16.3. The second kappa shape index (κ2) is 4.99. The molecular weight excluding hydrogens is 280 g/mol. The Balaban J connectivity index is 2.04. The first-order chi connectivity index (χ1) is 11.0. The molecule has 1 nitrogen and oxygen atoms in total. The van der Waals surface area contributed by atoms with Crippen molar-refractivity contribution in [3.8, 4) is 11.1 Å². The predicted octanol–water partition coefficient (Wildman–Crippen LogP) is 6.55. The number of rotatable bonds is 1. The third kappa shape index (κ3) is 2.33. The van der Waals surface area contributed by atoms with Crippen molar-refractivity contribution in [3.63, 3.8) is 0 Å². The van der Waals surface area contributed by atoms with Gasteiger partial charge in [0.25, 0.3) is 0 Å². The van der Waals surface area contributed by atoms with Gasteiger partial charge in [-0.25, -0.2) is 0 Å². The fraction of sp³-hybridized carbons (Fsp3) is 0.182. The molecular formula is C22H20O. The molecule has 0 radical (unpaired) electrons. The molecule has 0 spiro atoms. The molecule has 0 amide bonds. The Bertz CT molecular complexity index is 985. The zero-order valence-electron chi connectivity index (χ0n) is 13.8. The van der Waals surface area contributed by atoms with Gasteiger partial charge in [0.15, 0.2) is 0 Å². The molecule has 0 unspecified atom stereocenters. The number of furan rings is 1. The van der Waals surface area contributed by atoms with Gasteiger partial charge in [0, 0.05) is 10.8 Å². The zero-order chi connectivity index (χ0) is 16.0. The van der Waals surface area contributed by atoms with Crippen molar-refractivity contribution in [2.45, 2.75) is 26.2 Å². The van der Waals surface area contributed by atoms with Crippen molar-refractivity contribution in [3.05, 3.63) is 72.3 Å². The van der Waals surface area contributed by atoms with Crippen molar-refractivity contribution < 1.29 is 4.42 Å². The highest BCUT2D eigenvalue weighted by Gasteiger charge is 2.17. The lowest BCUT2D eigenvalue weighted by molar-refractivity contribution is 0.587. The van der Waals surface area contributed by atoms with E-state index in [-0.39, 0.29) is 5.41 Å². The SMILES string of the molecule is CC(C)(C)c1ccc2c(c1)oc1cccc(-c3ccccc3)c12. The summed E-state index contributed by atoms with van der Waals surface area (Å²) in [4.78, 5) is 0. The number of hydrogen-bond donors (Lipinski definition) is 0. The van der Waals surface area contributed by atoms with E-state index in [1.54, 1.807) is 0 Å². The van der Waals surface area contributed by atoms with Gasteiger partial charge in [0.2, 0.25) is 0 Å². The van der Waals surface area contributed by atoms with Crippen LogP contribution in [0.5, 0.6) is 0 Å². The highest BCUT2D eigenvalue weighted by Crippen LogP contribution is 2.38. The molecule has 4 rings (SSSR count). The second-order valence-corrected chi connectivity index (χ2v) is 7.11. The maximum absolute atomic E-state index is 6.15. The van der Waals surface area contributed by atoms with Crippen LogP contribution in [0.3, 0.4) is 0 Å². The third-order valence-corrected chi connectivity index (χ3v) is 4.45. The molecule has 114 valence electrons. The van der Waals surface area contributed by atoms with Crippen LogP contribution in [0.25, 0.3) is 33.1 Å². The third-order valence-electron chi connectivity index (χ3n) is 4.45. The molecule has 0 atom stereocenters. The van der Waals surface area contributed by atoms with Crippen LogP contribution in [0, 0.1) is 0 Å². The van der Waals surface area contributed by atoms with Gasteiger partial charge in [-0.3, -0.25) is 0 Å². The Hall–Kier alpha value is -2.54. The Kier molecular flexibility index (Phi) is 3.05. The topological polar surface area (TPSA) is 13.1 Å². The van der Waals surface area contributed by atoms with Gasteiger partial charge in [-0.2, -0.15) is 0 Å². The molecule has 1 heterocycles. The summed E-state index contributed by atoms with van der Waals surface area (Å²) in [7, 11) is 0. The molecule has 0 fully saturated rings. The summed E-state index contributed by atoms with van der Waals surface area (Å²) in [5.41, 5.74) is 5.79. The highest BCUT2D eigenvalue weighted by molar-refractivity contribution is 6.12. The summed E-state index contributed by atoms with van der Waals surface area (Å²) in [6, 6.07) is 23.4. The first-order valence-electron chi connectivity index (χ1n) is 8.05. The van der Waals surface area contributed by atoms with Crippen molar-refractivity contribution in [2.75, 3.05) is 0 Å².